The summed E-state index contributed by atoms with van der Waals surface area (Å²) in [7, 11) is 0. The van der Waals surface area contributed by atoms with Crippen molar-refractivity contribution in [1.29, 1.82) is 0 Å². The van der Waals surface area contributed by atoms with Crippen LogP contribution in [0.1, 0.15) is 56.5 Å². The summed E-state index contributed by atoms with van der Waals surface area (Å²) in [6.45, 7) is 5.31. The van der Waals surface area contributed by atoms with E-state index in [-0.39, 0.29) is 24.3 Å². The highest BCUT2D eigenvalue weighted by atomic mass is 19.1. The Labute approximate surface area is 165 Å². The maximum Gasteiger partial charge on any atom is 0.154 e. The molecular formula is C22H29FN2O3. The molecule has 1 heterocycles. The minimum atomic E-state index is -1.33. The van der Waals surface area contributed by atoms with E-state index in [0.29, 0.717) is 18.4 Å². The van der Waals surface area contributed by atoms with Crippen LogP contribution in [0, 0.1) is 5.92 Å². The van der Waals surface area contributed by atoms with Crippen molar-refractivity contribution in [2.75, 3.05) is 0 Å². The van der Waals surface area contributed by atoms with Gasteiger partial charge in [0, 0.05) is 11.8 Å². The fourth-order valence-corrected chi connectivity index (χ4v) is 2.96. The van der Waals surface area contributed by atoms with Crippen LogP contribution in [-0.2, 0) is 13.0 Å². The number of rotatable bonds is 9. The van der Waals surface area contributed by atoms with Gasteiger partial charge in [0.15, 0.2) is 6.29 Å². The summed E-state index contributed by atoms with van der Waals surface area (Å²) in [6, 6.07) is 5.45. The van der Waals surface area contributed by atoms with Crippen molar-refractivity contribution >= 4 is 11.0 Å². The largest absolute Gasteiger partial charge is 0.392 e. The highest BCUT2D eigenvalue weighted by molar-refractivity contribution is 5.75. The quantitative estimate of drug-likeness (QED) is 0.448. The van der Waals surface area contributed by atoms with Gasteiger partial charge in [0.2, 0.25) is 0 Å². The van der Waals surface area contributed by atoms with Crippen molar-refractivity contribution in [3.05, 3.63) is 59.2 Å². The second-order valence-electron chi connectivity index (χ2n) is 7.14. The molecule has 0 aliphatic heterocycles. The van der Waals surface area contributed by atoms with Crippen molar-refractivity contribution in [2.24, 2.45) is 5.92 Å². The molecule has 0 fully saturated rings. The third-order valence-corrected chi connectivity index (χ3v) is 4.85. The lowest BCUT2D eigenvalue weighted by Crippen LogP contribution is -2.16. The molecule has 1 aromatic carbocycles. The Kier molecular flexibility index (Phi) is 8.23. The van der Waals surface area contributed by atoms with Crippen molar-refractivity contribution in [2.45, 2.75) is 58.8 Å². The Morgan fingerprint density at radius 1 is 1.18 bits per heavy atom. The summed E-state index contributed by atoms with van der Waals surface area (Å²) in [5, 5.41) is 27.9. The van der Waals surface area contributed by atoms with Crippen molar-refractivity contribution in [3.8, 4) is 0 Å². The normalized spacial score (nSPS) is 14.9. The number of nitrogens with zero attached hydrogens (tertiary/aromatic N) is 2. The predicted octanol–water partition coefficient (Wildman–Crippen LogP) is 3.92. The van der Waals surface area contributed by atoms with E-state index in [2.05, 4.69) is 0 Å². The van der Waals surface area contributed by atoms with Gasteiger partial charge in [-0.2, -0.15) is 0 Å². The van der Waals surface area contributed by atoms with Crippen LogP contribution in [0.25, 0.3) is 11.0 Å². The van der Waals surface area contributed by atoms with Gasteiger partial charge < -0.3 is 15.3 Å². The SMILES string of the molecule is C/C=C(F)\C=C/C(C)c1nc2ccc(CO)cc2nc1CCCC(C)C(O)O. The molecule has 0 saturated heterocycles. The molecule has 0 amide bonds. The van der Waals surface area contributed by atoms with Crippen LogP contribution in [0.2, 0.25) is 0 Å². The van der Waals surface area contributed by atoms with Crippen LogP contribution < -0.4 is 0 Å². The minimum absolute atomic E-state index is 0.0671. The fraction of sp³-hybridized carbons (Fsp3) is 0.455. The molecule has 5 nitrogen and oxygen atoms in total. The van der Waals surface area contributed by atoms with Crippen LogP contribution >= 0.6 is 0 Å². The van der Waals surface area contributed by atoms with E-state index < -0.39 is 6.29 Å². The van der Waals surface area contributed by atoms with E-state index in [1.807, 2.05) is 25.1 Å². The third kappa shape index (κ3) is 5.92. The van der Waals surface area contributed by atoms with Crippen molar-refractivity contribution in [1.82, 2.24) is 9.97 Å². The van der Waals surface area contributed by atoms with E-state index >= 15 is 0 Å². The molecule has 28 heavy (non-hydrogen) atoms. The second-order valence-corrected chi connectivity index (χ2v) is 7.14. The lowest BCUT2D eigenvalue weighted by molar-refractivity contribution is -0.0806. The molecule has 2 atom stereocenters. The number of hydrogen-bond acceptors (Lipinski definition) is 5. The first-order valence-electron chi connectivity index (χ1n) is 9.62. The van der Waals surface area contributed by atoms with Crippen LogP contribution in [0.4, 0.5) is 4.39 Å². The molecule has 2 aromatic rings. The first-order chi connectivity index (χ1) is 13.3. The number of halogens is 1. The summed E-state index contributed by atoms with van der Waals surface area (Å²) in [5.41, 5.74) is 3.78. The van der Waals surface area contributed by atoms with E-state index in [1.165, 1.54) is 12.2 Å². The monoisotopic (exact) mass is 388 g/mol. The van der Waals surface area contributed by atoms with Gasteiger partial charge in [-0.3, -0.25) is 0 Å². The van der Waals surface area contributed by atoms with Gasteiger partial charge in [-0.25, -0.2) is 14.4 Å². The van der Waals surface area contributed by atoms with Crippen molar-refractivity contribution in [3.63, 3.8) is 0 Å². The Morgan fingerprint density at radius 2 is 1.93 bits per heavy atom. The average molecular weight is 388 g/mol. The average Bonchev–Trinajstić information content (AvgIpc) is 2.70. The fourth-order valence-electron chi connectivity index (χ4n) is 2.96. The molecule has 3 N–H and O–H groups in total. The number of benzene rings is 1. The molecule has 0 saturated carbocycles. The van der Waals surface area contributed by atoms with E-state index in [9.17, 15) is 19.7 Å². The van der Waals surface area contributed by atoms with Crippen LogP contribution in [0.15, 0.2) is 42.3 Å². The van der Waals surface area contributed by atoms with Gasteiger partial charge in [0.1, 0.15) is 5.83 Å². The molecule has 0 aliphatic carbocycles. The smallest absolute Gasteiger partial charge is 0.154 e. The zero-order chi connectivity index (χ0) is 20.7. The number of aryl methyl sites for hydroxylation is 1. The Balaban J connectivity index is 2.36. The summed E-state index contributed by atoms with van der Waals surface area (Å²) < 4.78 is 13.5. The maximum atomic E-state index is 13.5. The summed E-state index contributed by atoms with van der Waals surface area (Å²) in [5.74, 6) is -0.657. The van der Waals surface area contributed by atoms with Crippen LogP contribution in [0.3, 0.4) is 0 Å². The summed E-state index contributed by atoms with van der Waals surface area (Å²) >= 11 is 0. The van der Waals surface area contributed by atoms with Gasteiger partial charge in [0.25, 0.3) is 0 Å². The van der Waals surface area contributed by atoms with E-state index in [1.54, 1.807) is 19.9 Å². The Morgan fingerprint density at radius 3 is 2.57 bits per heavy atom. The molecule has 0 spiro atoms. The molecule has 2 unspecified atom stereocenters. The number of hydrogen-bond donors (Lipinski definition) is 3. The van der Waals surface area contributed by atoms with Gasteiger partial charge in [-0.05, 0) is 50.0 Å². The lowest BCUT2D eigenvalue weighted by atomic mass is 9.98. The van der Waals surface area contributed by atoms with Crippen LogP contribution in [-0.4, -0.2) is 31.6 Å². The van der Waals surface area contributed by atoms with E-state index in [4.69, 9.17) is 9.97 Å². The molecule has 6 heteroatoms. The number of aromatic nitrogens is 2. The molecule has 0 bridgehead atoms. The number of aliphatic hydroxyl groups is 3. The number of allylic oxidation sites excluding steroid dienone is 4. The zero-order valence-electron chi connectivity index (χ0n) is 16.6. The van der Waals surface area contributed by atoms with E-state index in [0.717, 1.165) is 28.9 Å². The molecule has 152 valence electrons. The molecule has 2 rings (SSSR count). The molecule has 0 aliphatic rings. The number of fused-ring (bicyclic) bond motifs is 1. The maximum absolute atomic E-state index is 13.5. The first-order valence-corrected chi connectivity index (χ1v) is 9.62. The summed E-state index contributed by atoms with van der Waals surface area (Å²) in [4.78, 5) is 9.50. The van der Waals surface area contributed by atoms with Crippen LogP contribution in [0.5, 0.6) is 0 Å². The standard InChI is InChI=1S/C22H29FN2O3/c1-4-17(23)10-8-14(2)21-19(7-5-6-15(3)22(27)28)24-20-12-16(13-26)9-11-18(20)25-21/h4,8-12,14-15,22,26-28H,5-7,13H2,1-3H3/b10-8-,17-4+. The molecule has 0 radical (unpaired) electrons. The zero-order valence-corrected chi connectivity index (χ0v) is 16.6. The Bertz CT molecular complexity index is 849. The highest BCUT2D eigenvalue weighted by Gasteiger charge is 2.16. The summed E-state index contributed by atoms with van der Waals surface area (Å²) in [6.07, 6.45) is 5.25. The van der Waals surface area contributed by atoms with Gasteiger partial charge in [0.05, 0.1) is 29.0 Å². The van der Waals surface area contributed by atoms with Gasteiger partial charge in [-0.1, -0.05) is 32.1 Å². The van der Waals surface area contributed by atoms with Gasteiger partial charge in [-0.15, -0.1) is 0 Å². The number of aliphatic hydroxyl groups excluding tert-OH is 2. The first kappa shape index (κ1) is 22.1. The van der Waals surface area contributed by atoms with Crippen molar-refractivity contribution < 1.29 is 19.7 Å². The predicted molar refractivity (Wildman–Crippen MR) is 108 cm³/mol. The molecular weight excluding hydrogens is 359 g/mol. The minimum Gasteiger partial charge on any atom is -0.392 e. The lowest BCUT2D eigenvalue weighted by Gasteiger charge is -2.16. The Hall–Kier alpha value is -2.15. The molecule has 1 aromatic heterocycles. The highest BCUT2D eigenvalue weighted by Crippen LogP contribution is 2.25. The topological polar surface area (TPSA) is 86.5 Å². The second kappa shape index (κ2) is 10.4. The van der Waals surface area contributed by atoms with Gasteiger partial charge >= 0.3 is 0 Å². The third-order valence-electron chi connectivity index (χ3n) is 4.85.